The molecule has 0 aliphatic rings. The average Bonchev–Trinajstić information content (AvgIpc) is 2.93. The molecule has 6 rings (SSSR count). The minimum atomic E-state index is -1.96. The Hall–Kier alpha value is -3.44. The third kappa shape index (κ3) is 4.14. The van der Waals surface area contributed by atoms with Crippen molar-refractivity contribution in [2.24, 2.45) is 0 Å². The molecular formula is C33H27ClP+. The second-order valence-corrected chi connectivity index (χ2v) is 12.3. The van der Waals surface area contributed by atoms with Crippen LogP contribution in [0.15, 0.2) is 146 Å². The molecule has 0 unspecified atom stereocenters. The van der Waals surface area contributed by atoms with Gasteiger partial charge in [-0.3, -0.25) is 0 Å². The largest absolute Gasteiger partial charge is 0.147 e. The first kappa shape index (κ1) is 23.3. The van der Waals surface area contributed by atoms with Gasteiger partial charge in [-0.25, -0.2) is 0 Å². The average molecular weight is 490 g/mol. The smallest absolute Gasteiger partial charge is 0.116 e. The third-order valence-electron chi connectivity index (χ3n) is 6.85. The number of fused-ring (bicyclic) bond motifs is 3. The first-order valence-electron chi connectivity index (χ1n) is 11.8. The topological polar surface area (TPSA) is 0 Å². The Bertz CT molecular complexity index is 1460. The van der Waals surface area contributed by atoms with Gasteiger partial charge in [0.1, 0.15) is 23.2 Å². The van der Waals surface area contributed by atoms with Gasteiger partial charge < -0.3 is 0 Å². The van der Waals surface area contributed by atoms with E-state index in [4.69, 9.17) is 0 Å². The highest BCUT2D eigenvalue weighted by Crippen LogP contribution is 2.58. The van der Waals surface area contributed by atoms with E-state index < -0.39 is 7.26 Å². The third-order valence-corrected chi connectivity index (χ3v) is 11.2. The monoisotopic (exact) mass is 489 g/mol. The zero-order valence-electron chi connectivity index (χ0n) is 19.4. The fraction of sp³-hybridized carbons (Fsp3) is 0.0303. The molecule has 6 aromatic carbocycles. The molecule has 0 heterocycles. The van der Waals surface area contributed by atoms with Crippen LogP contribution in [0.4, 0.5) is 0 Å². The van der Waals surface area contributed by atoms with Gasteiger partial charge in [-0.1, -0.05) is 103 Å². The molecule has 0 aliphatic heterocycles. The lowest BCUT2D eigenvalue weighted by molar-refractivity contribution is 1.45. The SMILES string of the molecule is Cl.c1ccc([P+](Cc2cc3ccccc3c3ccccc23)(c2ccccc2)c2ccccc2)cc1. The summed E-state index contributed by atoms with van der Waals surface area (Å²) in [5, 5.41) is 9.59. The minimum Gasteiger partial charge on any atom is -0.147 e. The van der Waals surface area contributed by atoms with E-state index in [0.717, 1.165) is 6.16 Å². The fourth-order valence-electron chi connectivity index (χ4n) is 5.29. The lowest BCUT2D eigenvalue weighted by atomic mass is 9.98. The van der Waals surface area contributed by atoms with Crippen molar-refractivity contribution in [1.29, 1.82) is 0 Å². The summed E-state index contributed by atoms with van der Waals surface area (Å²) in [5.41, 5.74) is 1.42. The molecular weight excluding hydrogens is 463 g/mol. The van der Waals surface area contributed by atoms with Gasteiger partial charge in [-0.15, -0.1) is 12.4 Å². The lowest BCUT2D eigenvalue weighted by Gasteiger charge is -2.28. The number of hydrogen-bond donors (Lipinski definition) is 0. The zero-order chi connectivity index (χ0) is 22.8. The Kier molecular flexibility index (Phi) is 6.69. The van der Waals surface area contributed by atoms with Crippen molar-refractivity contribution in [2.45, 2.75) is 6.16 Å². The molecule has 6 aromatic rings. The van der Waals surface area contributed by atoms with Crippen LogP contribution >= 0.6 is 19.7 Å². The van der Waals surface area contributed by atoms with E-state index in [2.05, 4.69) is 146 Å². The van der Waals surface area contributed by atoms with Crippen LogP contribution in [0.25, 0.3) is 21.5 Å². The van der Waals surface area contributed by atoms with E-state index in [1.807, 2.05) is 0 Å². The van der Waals surface area contributed by atoms with Crippen LogP contribution < -0.4 is 15.9 Å². The maximum atomic E-state index is 2.43. The van der Waals surface area contributed by atoms with Crippen LogP contribution in [-0.2, 0) is 6.16 Å². The fourth-order valence-corrected chi connectivity index (χ4v) is 9.54. The van der Waals surface area contributed by atoms with Gasteiger partial charge in [-0.05, 0) is 69.6 Å². The molecule has 0 N–H and O–H groups in total. The summed E-state index contributed by atoms with van der Waals surface area (Å²) >= 11 is 0. The molecule has 0 bridgehead atoms. The van der Waals surface area contributed by atoms with Crippen molar-refractivity contribution in [1.82, 2.24) is 0 Å². The van der Waals surface area contributed by atoms with Gasteiger partial charge in [0.05, 0.1) is 6.16 Å². The zero-order valence-corrected chi connectivity index (χ0v) is 21.1. The van der Waals surface area contributed by atoms with Gasteiger partial charge >= 0.3 is 0 Å². The lowest BCUT2D eigenvalue weighted by Crippen LogP contribution is -2.32. The highest BCUT2D eigenvalue weighted by molar-refractivity contribution is 7.95. The highest BCUT2D eigenvalue weighted by Gasteiger charge is 2.45. The quantitative estimate of drug-likeness (QED) is 0.170. The van der Waals surface area contributed by atoms with Gasteiger partial charge in [0, 0.05) is 0 Å². The summed E-state index contributed by atoms with van der Waals surface area (Å²) in [4.78, 5) is 0. The van der Waals surface area contributed by atoms with Gasteiger partial charge in [0.25, 0.3) is 0 Å². The van der Waals surface area contributed by atoms with E-state index in [0.29, 0.717) is 0 Å². The molecule has 0 atom stereocenters. The maximum Gasteiger partial charge on any atom is 0.116 e. The summed E-state index contributed by atoms with van der Waals surface area (Å²) in [5.74, 6) is 0. The number of rotatable bonds is 5. The Morgan fingerprint density at radius 1 is 0.400 bits per heavy atom. The van der Waals surface area contributed by atoms with Crippen LogP contribution in [0, 0.1) is 0 Å². The van der Waals surface area contributed by atoms with Crippen molar-refractivity contribution >= 4 is 57.1 Å². The van der Waals surface area contributed by atoms with Crippen LogP contribution in [-0.4, -0.2) is 0 Å². The van der Waals surface area contributed by atoms with Crippen molar-refractivity contribution < 1.29 is 0 Å². The minimum absolute atomic E-state index is 0. The van der Waals surface area contributed by atoms with E-state index in [1.54, 1.807) is 0 Å². The Balaban J connectivity index is 0.00000253. The first-order chi connectivity index (χ1) is 16.9. The van der Waals surface area contributed by atoms with Crippen LogP contribution in [0.2, 0.25) is 0 Å². The first-order valence-corrected chi connectivity index (χ1v) is 13.8. The molecule has 0 spiro atoms. The Labute approximate surface area is 214 Å². The summed E-state index contributed by atoms with van der Waals surface area (Å²) < 4.78 is 0. The normalized spacial score (nSPS) is 11.3. The molecule has 0 nitrogen and oxygen atoms in total. The molecule has 0 saturated heterocycles. The molecule has 2 heteroatoms. The molecule has 0 aliphatic carbocycles. The van der Waals surface area contributed by atoms with Crippen molar-refractivity contribution in [3.8, 4) is 0 Å². The van der Waals surface area contributed by atoms with Gasteiger partial charge in [0.2, 0.25) is 0 Å². The van der Waals surface area contributed by atoms with Crippen molar-refractivity contribution in [2.75, 3.05) is 0 Å². The van der Waals surface area contributed by atoms with Crippen molar-refractivity contribution in [3.63, 3.8) is 0 Å². The van der Waals surface area contributed by atoms with Crippen molar-refractivity contribution in [3.05, 3.63) is 151 Å². The molecule has 0 radical (unpaired) electrons. The van der Waals surface area contributed by atoms with Crippen LogP contribution in [0.1, 0.15) is 5.56 Å². The molecule has 35 heavy (non-hydrogen) atoms. The second-order valence-electron chi connectivity index (χ2n) is 8.78. The Morgan fingerprint density at radius 2 is 0.800 bits per heavy atom. The van der Waals surface area contributed by atoms with Crippen LogP contribution in [0.3, 0.4) is 0 Å². The number of hydrogen-bond acceptors (Lipinski definition) is 0. The van der Waals surface area contributed by atoms with E-state index >= 15 is 0 Å². The van der Waals surface area contributed by atoms with Gasteiger partial charge in [-0.2, -0.15) is 0 Å². The van der Waals surface area contributed by atoms with E-state index in [-0.39, 0.29) is 12.4 Å². The summed E-state index contributed by atoms with van der Waals surface area (Å²) in [7, 11) is -1.96. The molecule has 0 fully saturated rings. The summed E-state index contributed by atoms with van der Waals surface area (Å²) in [6.45, 7) is 0. The molecule has 0 aromatic heterocycles. The second kappa shape index (κ2) is 10.0. The predicted molar refractivity (Wildman–Crippen MR) is 158 cm³/mol. The molecule has 0 amide bonds. The highest BCUT2D eigenvalue weighted by atomic mass is 35.5. The molecule has 170 valence electrons. The van der Waals surface area contributed by atoms with E-state index in [9.17, 15) is 0 Å². The standard InChI is InChI=1S/C33H26P.ClH/c1-4-15-28(16-5-1)34(29-17-6-2-7-18-29,30-19-8-3-9-20-30)25-27-24-26-14-10-11-21-31(26)33-23-13-12-22-32(27)33;/h1-24H,25H2;1H/q+1;. The number of benzene rings is 6. The summed E-state index contributed by atoms with van der Waals surface area (Å²) in [6.07, 6.45) is 0.983. The number of halogens is 1. The summed E-state index contributed by atoms with van der Waals surface area (Å²) in [6, 6.07) is 53.6. The Morgan fingerprint density at radius 3 is 1.31 bits per heavy atom. The molecule has 0 saturated carbocycles. The van der Waals surface area contributed by atoms with Gasteiger partial charge in [0.15, 0.2) is 0 Å². The van der Waals surface area contributed by atoms with Crippen LogP contribution in [0.5, 0.6) is 0 Å². The predicted octanol–water partition coefficient (Wildman–Crippen LogP) is 7.91. The maximum absolute atomic E-state index is 2.43. The van der Waals surface area contributed by atoms with E-state index in [1.165, 1.54) is 43.0 Å².